The Labute approximate surface area is 121 Å². The highest BCUT2D eigenvalue weighted by molar-refractivity contribution is 7.99. The Morgan fingerprint density at radius 3 is 2.65 bits per heavy atom. The molecule has 0 saturated carbocycles. The largest absolute Gasteiger partial charge is 0.493 e. The number of thioether (sulfide) groups is 1. The smallest absolute Gasteiger partial charge is 0.191 e. The van der Waals surface area contributed by atoms with Crippen molar-refractivity contribution >= 4 is 17.5 Å². The Bertz CT molecular complexity index is 613. The van der Waals surface area contributed by atoms with Crippen molar-refractivity contribution in [1.82, 2.24) is 14.8 Å². The minimum atomic E-state index is -0.000969. The molecule has 1 aromatic heterocycles. The number of nitrogens with zero attached hydrogens (tertiary/aromatic N) is 3. The molecule has 0 unspecified atom stereocenters. The summed E-state index contributed by atoms with van der Waals surface area (Å²) in [6.45, 7) is 0. The lowest BCUT2D eigenvalue weighted by atomic mass is 10.1. The first kappa shape index (κ1) is 14.4. The predicted molar refractivity (Wildman–Crippen MR) is 75.6 cm³/mol. The Morgan fingerprint density at radius 2 is 2.05 bits per heavy atom. The highest BCUT2D eigenvalue weighted by atomic mass is 32.2. The monoisotopic (exact) mass is 293 g/mol. The van der Waals surface area contributed by atoms with Crippen molar-refractivity contribution in [1.29, 1.82) is 0 Å². The van der Waals surface area contributed by atoms with Gasteiger partial charge in [-0.3, -0.25) is 4.79 Å². The minimum absolute atomic E-state index is 0.000969. The van der Waals surface area contributed by atoms with E-state index in [2.05, 4.69) is 10.2 Å². The summed E-state index contributed by atoms with van der Waals surface area (Å²) in [6.07, 6.45) is 1.60. The Kier molecular flexibility index (Phi) is 4.62. The molecular formula is C13H15N3O3S. The van der Waals surface area contributed by atoms with Crippen LogP contribution in [0.2, 0.25) is 0 Å². The molecule has 2 aromatic rings. The van der Waals surface area contributed by atoms with Gasteiger partial charge in [-0.05, 0) is 18.2 Å². The Morgan fingerprint density at radius 1 is 1.30 bits per heavy atom. The number of Topliss-reactive ketones (excluding diaryl/α,β-unsaturated/α-hetero) is 1. The van der Waals surface area contributed by atoms with Crippen LogP contribution in [-0.4, -0.2) is 40.5 Å². The van der Waals surface area contributed by atoms with E-state index in [0.29, 0.717) is 28.0 Å². The molecule has 0 radical (unpaired) electrons. The maximum Gasteiger partial charge on any atom is 0.191 e. The van der Waals surface area contributed by atoms with Crippen molar-refractivity contribution in [3.8, 4) is 11.5 Å². The zero-order valence-electron chi connectivity index (χ0n) is 11.5. The molecule has 0 atom stereocenters. The number of carbonyl (C=O) groups excluding carboxylic acids is 1. The molecule has 0 fully saturated rings. The quantitative estimate of drug-likeness (QED) is 0.598. The van der Waals surface area contributed by atoms with Gasteiger partial charge in [0.1, 0.15) is 6.33 Å². The van der Waals surface area contributed by atoms with E-state index in [1.165, 1.54) is 11.8 Å². The average molecular weight is 293 g/mol. The zero-order chi connectivity index (χ0) is 14.5. The van der Waals surface area contributed by atoms with Gasteiger partial charge >= 0.3 is 0 Å². The molecular weight excluding hydrogens is 278 g/mol. The van der Waals surface area contributed by atoms with Crippen LogP contribution in [-0.2, 0) is 7.05 Å². The van der Waals surface area contributed by atoms with E-state index >= 15 is 0 Å². The van der Waals surface area contributed by atoms with Crippen LogP contribution in [0, 0.1) is 0 Å². The predicted octanol–water partition coefficient (Wildman–Crippen LogP) is 1.81. The molecule has 2 rings (SSSR count). The number of rotatable bonds is 6. The molecule has 0 amide bonds. The maximum atomic E-state index is 12.1. The molecule has 106 valence electrons. The maximum absolute atomic E-state index is 12.1. The second kappa shape index (κ2) is 6.42. The van der Waals surface area contributed by atoms with Gasteiger partial charge in [0.25, 0.3) is 0 Å². The summed E-state index contributed by atoms with van der Waals surface area (Å²) in [5.41, 5.74) is 0.581. The van der Waals surface area contributed by atoms with Crippen LogP contribution in [0.5, 0.6) is 11.5 Å². The number of hydrogen-bond acceptors (Lipinski definition) is 6. The average Bonchev–Trinajstić information content (AvgIpc) is 2.89. The first-order valence-corrected chi connectivity index (χ1v) is 6.86. The molecule has 0 aliphatic carbocycles. The number of benzene rings is 1. The number of methoxy groups -OCH3 is 2. The summed E-state index contributed by atoms with van der Waals surface area (Å²) in [4.78, 5) is 12.1. The van der Waals surface area contributed by atoms with Crippen molar-refractivity contribution in [2.24, 2.45) is 7.05 Å². The number of ketones is 1. The minimum Gasteiger partial charge on any atom is -0.493 e. The highest BCUT2D eigenvalue weighted by Gasteiger charge is 2.12. The number of aryl methyl sites for hydroxylation is 1. The van der Waals surface area contributed by atoms with Gasteiger partial charge in [0, 0.05) is 12.6 Å². The first-order chi connectivity index (χ1) is 9.65. The highest BCUT2D eigenvalue weighted by Crippen LogP contribution is 2.28. The van der Waals surface area contributed by atoms with E-state index < -0.39 is 0 Å². The molecule has 20 heavy (non-hydrogen) atoms. The SMILES string of the molecule is COc1ccc(C(=O)CSc2nncn2C)cc1OC. The third-order valence-electron chi connectivity index (χ3n) is 2.71. The van der Waals surface area contributed by atoms with Crippen molar-refractivity contribution in [3.05, 3.63) is 30.1 Å². The van der Waals surface area contributed by atoms with Crippen LogP contribution >= 0.6 is 11.8 Å². The topological polar surface area (TPSA) is 66.2 Å². The molecule has 7 heteroatoms. The van der Waals surface area contributed by atoms with E-state index in [1.807, 2.05) is 7.05 Å². The van der Waals surface area contributed by atoms with E-state index in [4.69, 9.17) is 9.47 Å². The molecule has 0 saturated heterocycles. The first-order valence-electron chi connectivity index (χ1n) is 5.87. The number of aromatic nitrogens is 3. The van der Waals surface area contributed by atoms with Gasteiger partial charge in [0.2, 0.25) is 0 Å². The van der Waals surface area contributed by atoms with Crippen LogP contribution < -0.4 is 9.47 Å². The Balaban J connectivity index is 2.07. The van der Waals surface area contributed by atoms with Crippen molar-refractivity contribution in [2.45, 2.75) is 5.16 Å². The molecule has 0 spiro atoms. The van der Waals surface area contributed by atoms with Crippen molar-refractivity contribution in [2.75, 3.05) is 20.0 Å². The molecule has 0 bridgehead atoms. The van der Waals surface area contributed by atoms with Crippen LogP contribution in [0.3, 0.4) is 0 Å². The van der Waals surface area contributed by atoms with Crippen molar-refractivity contribution < 1.29 is 14.3 Å². The summed E-state index contributed by atoms with van der Waals surface area (Å²) in [5, 5.41) is 8.40. The summed E-state index contributed by atoms with van der Waals surface area (Å²) in [6, 6.07) is 5.12. The molecule has 1 aromatic carbocycles. The molecule has 0 aliphatic rings. The normalized spacial score (nSPS) is 10.3. The number of carbonyl (C=O) groups is 1. The lowest BCUT2D eigenvalue weighted by Gasteiger charge is -2.08. The fourth-order valence-corrected chi connectivity index (χ4v) is 2.41. The summed E-state index contributed by atoms with van der Waals surface area (Å²) in [5.74, 6) is 1.44. The van der Waals surface area contributed by atoms with E-state index in [0.717, 1.165) is 0 Å². The summed E-state index contributed by atoms with van der Waals surface area (Å²) >= 11 is 1.35. The fourth-order valence-electron chi connectivity index (χ4n) is 1.63. The van der Waals surface area contributed by atoms with Gasteiger partial charge in [-0.2, -0.15) is 0 Å². The van der Waals surface area contributed by atoms with Gasteiger partial charge in [-0.1, -0.05) is 11.8 Å². The van der Waals surface area contributed by atoms with Gasteiger partial charge in [-0.25, -0.2) is 0 Å². The second-order valence-electron chi connectivity index (χ2n) is 4.01. The molecule has 6 nitrogen and oxygen atoms in total. The van der Waals surface area contributed by atoms with Gasteiger partial charge in [0.15, 0.2) is 22.4 Å². The summed E-state index contributed by atoms with van der Waals surface area (Å²) < 4.78 is 12.1. The number of ether oxygens (including phenoxy) is 2. The second-order valence-corrected chi connectivity index (χ2v) is 4.95. The van der Waals surface area contributed by atoms with Gasteiger partial charge < -0.3 is 14.0 Å². The van der Waals surface area contributed by atoms with Crippen LogP contribution in [0.25, 0.3) is 0 Å². The zero-order valence-corrected chi connectivity index (χ0v) is 12.3. The standard InChI is InChI=1S/C13H15N3O3S/c1-16-8-14-15-13(16)20-7-10(17)9-4-5-11(18-2)12(6-9)19-3/h4-6,8H,7H2,1-3H3. The molecule has 1 heterocycles. The number of hydrogen-bond donors (Lipinski definition) is 0. The van der Waals surface area contributed by atoms with E-state index in [1.54, 1.807) is 43.3 Å². The van der Waals surface area contributed by atoms with E-state index in [-0.39, 0.29) is 5.78 Å². The van der Waals surface area contributed by atoms with Crippen LogP contribution in [0.4, 0.5) is 0 Å². The lowest BCUT2D eigenvalue weighted by Crippen LogP contribution is -2.04. The summed E-state index contributed by atoms with van der Waals surface area (Å²) in [7, 11) is 4.94. The Hall–Kier alpha value is -2.02. The molecule has 0 N–H and O–H groups in total. The third kappa shape index (κ3) is 3.11. The van der Waals surface area contributed by atoms with Crippen molar-refractivity contribution in [3.63, 3.8) is 0 Å². The van der Waals surface area contributed by atoms with Gasteiger partial charge in [-0.15, -0.1) is 10.2 Å². The third-order valence-corrected chi connectivity index (χ3v) is 3.74. The molecule has 0 aliphatic heterocycles. The fraction of sp³-hybridized carbons (Fsp3) is 0.308. The lowest BCUT2D eigenvalue weighted by molar-refractivity contribution is 0.102. The van der Waals surface area contributed by atoms with Crippen LogP contribution in [0.1, 0.15) is 10.4 Å². The van der Waals surface area contributed by atoms with Crippen LogP contribution in [0.15, 0.2) is 29.7 Å². The van der Waals surface area contributed by atoms with E-state index in [9.17, 15) is 4.79 Å². The van der Waals surface area contributed by atoms with Gasteiger partial charge in [0.05, 0.1) is 20.0 Å².